The molecule has 1 aromatic carbocycles. The molecule has 0 unspecified atom stereocenters. The molecule has 138 valence electrons. The predicted molar refractivity (Wildman–Crippen MR) is 107 cm³/mol. The van der Waals surface area contributed by atoms with Crippen molar-refractivity contribution in [3.63, 3.8) is 0 Å². The topological polar surface area (TPSA) is 45.7 Å². The molecule has 2 aromatic rings. The molecule has 1 amide bonds. The van der Waals surface area contributed by atoms with Gasteiger partial charge in [-0.05, 0) is 60.0 Å². The monoisotopic (exact) mass is 417 g/mol. The van der Waals surface area contributed by atoms with E-state index in [1.807, 2.05) is 30.9 Å². The summed E-state index contributed by atoms with van der Waals surface area (Å²) in [6.07, 6.45) is 1.80. The van der Waals surface area contributed by atoms with Crippen LogP contribution in [0.2, 0.25) is 0 Å². The lowest BCUT2D eigenvalue weighted by Crippen LogP contribution is -2.50. The van der Waals surface area contributed by atoms with Gasteiger partial charge < -0.3 is 14.5 Å². The molecule has 1 aliphatic heterocycles. The molecular formula is C20H24BrN3O2. The number of aromatic nitrogens is 1. The van der Waals surface area contributed by atoms with E-state index in [2.05, 4.69) is 44.9 Å². The van der Waals surface area contributed by atoms with Crippen LogP contribution < -0.4 is 9.64 Å². The number of hydrogen-bond acceptors (Lipinski definition) is 4. The van der Waals surface area contributed by atoms with Gasteiger partial charge in [-0.15, -0.1) is 0 Å². The number of anilines is 1. The largest absolute Gasteiger partial charge is 0.483 e. The van der Waals surface area contributed by atoms with E-state index < -0.39 is 0 Å². The van der Waals surface area contributed by atoms with Crippen molar-refractivity contribution in [1.29, 1.82) is 0 Å². The molecule has 1 fully saturated rings. The lowest BCUT2D eigenvalue weighted by molar-refractivity contribution is -0.133. The minimum absolute atomic E-state index is 0.0350. The van der Waals surface area contributed by atoms with Crippen molar-refractivity contribution in [2.24, 2.45) is 0 Å². The van der Waals surface area contributed by atoms with E-state index in [9.17, 15) is 4.79 Å². The van der Waals surface area contributed by atoms with E-state index in [0.717, 1.165) is 40.3 Å². The molecular weight excluding hydrogens is 394 g/mol. The zero-order valence-corrected chi connectivity index (χ0v) is 17.0. The highest BCUT2D eigenvalue weighted by Gasteiger charge is 2.22. The van der Waals surface area contributed by atoms with Crippen molar-refractivity contribution < 1.29 is 9.53 Å². The van der Waals surface area contributed by atoms with Gasteiger partial charge in [-0.3, -0.25) is 4.79 Å². The van der Waals surface area contributed by atoms with Crippen LogP contribution in [0.5, 0.6) is 5.75 Å². The summed E-state index contributed by atoms with van der Waals surface area (Å²) in [5, 5.41) is 0. The first-order valence-corrected chi connectivity index (χ1v) is 9.58. The van der Waals surface area contributed by atoms with E-state index in [4.69, 9.17) is 4.74 Å². The summed E-state index contributed by atoms with van der Waals surface area (Å²) in [6.45, 7) is 9.12. The van der Waals surface area contributed by atoms with Gasteiger partial charge in [0.15, 0.2) is 6.61 Å². The van der Waals surface area contributed by atoms with Crippen LogP contribution in [0.1, 0.15) is 16.7 Å². The van der Waals surface area contributed by atoms with Crippen LogP contribution in [0.25, 0.3) is 0 Å². The highest BCUT2D eigenvalue weighted by molar-refractivity contribution is 9.10. The Labute approximate surface area is 163 Å². The van der Waals surface area contributed by atoms with Gasteiger partial charge >= 0.3 is 0 Å². The van der Waals surface area contributed by atoms with Crippen molar-refractivity contribution in [3.8, 4) is 5.75 Å². The Morgan fingerprint density at radius 2 is 1.77 bits per heavy atom. The van der Waals surface area contributed by atoms with Crippen LogP contribution in [0.3, 0.4) is 0 Å². The van der Waals surface area contributed by atoms with E-state index >= 15 is 0 Å². The zero-order chi connectivity index (χ0) is 18.7. The van der Waals surface area contributed by atoms with Crippen molar-refractivity contribution in [1.82, 2.24) is 9.88 Å². The lowest BCUT2D eigenvalue weighted by Gasteiger charge is -2.35. The average Bonchev–Trinajstić information content (AvgIpc) is 2.61. The first-order valence-electron chi connectivity index (χ1n) is 8.79. The number of pyridine rings is 1. The van der Waals surface area contributed by atoms with E-state index in [1.54, 1.807) is 6.20 Å². The molecule has 1 aliphatic rings. The van der Waals surface area contributed by atoms with Crippen LogP contribution in [0, 0.1) is 20.8 Å². The van der Waals surface area contributed by atoms with Crippen molar-refractivity contribution >= 4 is 27.7 Å². The van der Waals surface area contributed by atoms with Crippen LogP contribution in [-0.4, -0.2) is 48.6 Å². The molecule has 0 radical (unpaired) electrons. The molecule has 5 nitrogen and oxygen atoms in total. The first-order chi connectivity index (χ1) is 12.4. The Morgan fingerprint density at radius 1 is 1.12 bits per heavy atom. The highest BCUT2D eigenvalue weighted by atomic mass is 79.9. The zero-order valence-electron chi connectivity index (χ0n) is 15.5. The molecule has 2 heterocycles. The maximum atomic E-state index is 12.5. The minimum atomic E-state index is 0.0350. The standard InChI is InChI=1S/C20H24BrN3O2/c1-14-10-15(2)20(16(3)11-14)26-13-19(25)24-8-6-23(7-9-24)18-5-4-17(21)12-22-18/h4-5,10-12H,6-9,13H2,1-3H3. The number of aryl methyl sites for hydroxylation is 3. The Bertz CT molecular complexity index is 761. The van der Waals surface area contributed by atoms with Crippen LogP contribution in [0.4, 0.5) is 5.82 Å². The van der Waals surface area contributed by atoms with Gasteiger partial charge in [0.25, 0.3) is 5.91 Å². The summed E-state index contributed by atoms with van der Waals surface area (Å²) in [7, 11) is 0. The molecule has 0 spiro atoms. The Balaban J connectivity index is 1.53. The summed E-state index contributed by atoms with van der Waals surface area (Å²) >= 11 is 3.40. The second kappa shape index (κ2) is 8.08. The predicted octanol–water partition coefficient (Wildman–Crippen LogP) is 3.50. The number of hydrogen-bond donors (Lipinski definition) is 0. The van der Waals surface area contributed by atoms with Gasteiger partial charge in [0, 0.05) is 36.8 Å². The van der Waals surface area contributed by atoms with E-state index in [1.165, 1.54) is 5.56 Å². The van der Waals surface area contributed by atoms with Crippen LogP contribution in [-0.2, 0) is 4.79 Å². The third kappa shape index (κ3) is 4.36. The Hall–Kier alpha value is -2.08. The third-order valence-electron chi connectivity index (χ3n) is 4.61. The van der Waals surface area contributed by atoms with Crippen LogP contribution in [0.15, 0.2) is 34.9 Å². The van der Waals surface area contributed by atoms with Gasteiger partial charge in [-0.1, -0.05) is 17.7 Å². The molecule has 3 rings (SSSR count). The van der Waals surface area contributed by atoms with Crippen LogP contribution >= 0.6 is 15.9 Å². The Kier molecular flexibility index (Phi) is 5.81. The number of rotatable bonds is 4. The molecule has 26 heavy (non-hydrogen) atoms. The minimum Gasteiger partial charge on any atom is -0.483 e. The molecule has 6 heteroatoms. The lowest BCUT2D eigenvalue weighted by atomic mass is 10.1. The summed E-state index contributed by atoms with van der Waals surface area (Å²) in [4.78, 5) is 21.0. The molecule has 0 bridgehead atoms. The number of ether oxygens (including phenoxy) is 1. The van der Waals surface area contributed by atoms with E-state index in [-0.39, 0.29) is 12.5 Å². The van der Waals surface area contributed by atoms with Gasteiger partial charge in [0.2, 0.25) is 0 Å². The summed E-state index contributed by atoms with van der Waals surface area (Å²) in [5.74, 6) is 1.80. The molecule has 1 saturated heterocycles. The van der Waals surface area contributed by atoms with Gasteiger partial charge in [-0.25, -0.2) is 4.98 Å². The second-order valence-corrected chi connectivity index (χ2v) is 7.63. The van der Waals surface area contributed by atoms with Gasteiger partial charge in [0.1, 0.15) is 11.6 Å². The maximum Gasteiger partial charge on any atom is 0.260 e. The molecule has 0 atom stereocenters. The normalized spacial score (nSPS) is 14.5. The fourth-order valence-electron chi connectivity index (χ4n) is 3.36. The molecule has 0 N–H and O–H groups in total. The number of halogens is 1. The Morgan fingerprint density at radius 3 is 2.35 bits per heavy atom. The smallest absolute Gasteiger partial charge is 0.260 e. The van der Waals surface area contributed by atoms with E-state index in [0.29, 0.717) is 13.1 Å². The molecule has 0 saturated carbocycles. The number of carbonyl (C=O) groups excluding carboxylic acids is 1. The van der Waals surface area contributed by atoms with Crippen molar-refractivity contribution in [3.05, 3.63) is 51.6 Å². The first kappa shape index (κ1) is 18.7. The van der Waals surface area contributed by atoms with Crippen molar-refractivity contribution in [2.45, 2.75) is 20.8 Å². The number of amides is 1. The fourth-order valence-corrected chi connectivity index (χ4v) is 3.59. The van der Waals surface area contributed by atoms with Gasteiger partial charge in [0.05, 0.1) is 0 Å². The summed E-state index contributed by atoms with van der Waals surface area (Å²) in [6, 6.07) is 8.14. The number of piperazine rings is 1. The second-order valence-electron chi connectivity index (χ2n) is 6.72. The third-order valence-corrected chi connectivity index (χ3v) is 5.08. The quantitative estimate of drug-likeness (QED) is 0.763. The van der Waals surface area contributed by atoms with Crippen molar-refractivity contribution in [2.75, 3.05) is 37.7 Å². The number of benzene rings is 1. The number of carbonyl (C=O) groups is 1. The molecule has 1 aromatic heterocycles. The number of nitrogens with zero attached hydrogens (tertiary/aromatic N) is 3. The molecule has 0 aliphatic carbocycles. The summed E-state index contributed by atoms with van der Waals surface area (Å²) < 4.78 is 6.81. The SMILES string of the molecule is Cc1cc(C)c(OCC(=O)N2CCN(c3ccc(Br)cn3)CC2)c(C)c1. The fraction of sp³-hybridized carbons (Fsp3) is 0.400. The maximum absolute atomic E-state index is 12.5. The van der Waals surface area contributed by atoms with Gasteiger partial charge in [-0.2, -0.15) is 0 Å². The summed E-state index contributed by atoms with van der Waals surface area (Å²) in [5.41, 5.74) is 3.35. The highest BCUT2D eigenvalue weighted by Crippen LogP contribution is 2.24. The average molecular weight is 418 g/mol.